The molecule has 0 aromatic carbocycles. The molecule has 0 saturated carbocycles. The van der Waals surface area contributed by atoms with Gasteiger partial charge in [0.05, 0.1) is 6.61 Å². The molecule has 1 saturated heterocycles. The van der Waals surface area contributed by atoms with Crippen molar-refractivity contribution < 1.29 is 24.9 Å². The molecule has 1 aliphatic rings. The minimum absolute atomic E-state index is 0.567. The fourth-order valence-corrected chi connectivity index (χ4v) is 3.46. The molecular formula is C15H23N3O7. The molecule has 0 bridgehead atoms. The summed E-state index contributed by atoms with van der Waals surface area (Å²) in [6.07, 6.45) is -3.91. The van der Waals surface area contributed by atoms with Gasteiger partial charge >= 0.3 is 11.8 Å². The first-order chi connectivity index (χ1) is 11.4. The van der Waals surface area contributed by atoms with Crippen molar-refractivity contribution >= 4 is 6.09 Å². The lowest BCUT2D eigenvalue weighted by Gasteiger charge is -2.48. The van der Waals surface area contributed by atoms with E-state index in [2.05, 4.69) is 4.98 Å². The number of ether oxygens (including phenoxy) is 1. The third-order valence-electron chi connectivity index (χ3n) is 4.38. The summed E-state index contributed by atoms with van der Waals surface area (Å²) in [5.41, 5.74) is -3.97. The second-order valence-corrected chi connectivity index (χ2v) is 7.19. The number of carboxylic acid groups (broad SMARTS) is 1. The van der Waals surface area contributed by atoms with Crippen LogP contribution in [-0.4, -0.2) is 65.8 Å². The van der Waals surface area contributed by atoms with Gasteiger partial charge in [-0.3, -0.25) is 19.2 Å². The molecule has 25 heavy (non-hydrogen) atoms. The zero-order chi connectivity index (χ0) is 19.2. The normalized spacial score (nSPS) is 29.6. The van der Waals surface area contributed by atoms with E-state index in [4.69, 9.17) is 4.74 Å². The van der Waals surface area contributed by atoms with E-state index in [1.807, 2.05) is 0 Å². The SMILES string of the molecule is CC(C)(C)N(C(=O)O)[C@]1(C)[C@H](O)[C@@H](CO)O[C@H]1n1ccc(=O)[nH]c1=O. The van der Waals surface area contributed by atoms with Crippen LogP contribution in [0.25, 0.3) is 0 Å². The van der Waals surface area contributed by atoms with Crippen LogP contribution >= 0.6 is 0 Å². The Bertz CT molecular complexity index is 765. The number of aromatic amines is 1. The van der Waals surface area contributed by atoms with Crippen molar-refractivity contribution in [1.29, 1.82) is 0 Å². The third-order valence-corrected chi connectivity index (χ3v) is 4.38. The average Bonchev–Trinajstić information content (AvgIpc) is 2.70. The van der Waals surface area contributed by atoms with Crippen molar-refractivity contribution in [3.8, 4) is 0 Å². The molecule has 10 nitrogen and oxygen atoms in total. The summed E-state index contributed by atoms with van der Waals surface area (Å²) in [7, 11) is 0. The number of aromatic nitrogens is 2. The number of nitrogens with one attached hydrogen (secondary N) is 1. The number of rotatable bonds is 3. The molecule has 4 N–H and O–H groups in total. The topological polar surface area (TPSA) is 145 Å². The predicted molar refractivity (Wildman–Crippen MR) is 86.3 cm³/mol. The molecule has 0 radical (unpaired) electrons. The van der Waals surface area contributed by atoms with Gasteiger partial charge in [0.15, 0.2) is 6.23 Å². The van der Waals surface area contributed by atoms with Gasteiger partial charge in [0.2, 0.25) is 0 Å². The van der Waals surface area contributed by atoms with Gasteiger partial charge in [-0.15, -0.1) is 0 Å². The van der Waals surface area contributed by atoms with Gasteiger partial charge in [0.1, 0.15) is 17.7 Å². The van der Waals surface area contributed by atoms with E-state index < -0.39 is 53.5 Å². The van der Waals surface area contributed by atoms with Crippen molar-refractivity contribution in [2.45, 2.75) is 57.2 Å². The lowest BCUT2D eigenvalue weighted by atomic mass is 9.86. The van der Waals surface area contributed by atoms with Crippen LogP contribution in [0.5, 0.6) is 0 Å². The Labute approximate surface area is 143 Å². The number of amides is 1. The summed E-state index contributed by atoms with van der Waals surface area (Å²) in [6.45, 7) is 5.78. The molecule has 140 valence electrons. The van der Waals surface area contributed by atoms with Crippen molar-refractivity contribution in [3.63, 3.8) is 0 Å². The second kappa shape index (κ2) is 6.28. The number of hydrogen-bond acceptors (Lipinski definition) is 6. The lowest BCUT2D eigenvalue weighted by molar-refractivity contribution is -0.0838. The first-order valence-electron chi connectivity index (χ1n) is 7.73. The zero-order valence-corrected chi connectivity index (χ0v) is 14.5. The molecule has 0 spiro atoms. The Morgan fingerprint density at radius 1 is 1.44 bits per heavy atom. The molecular weight excluding hydrogens is 334 g/mol. The molecule has 4 atom stereocenters. The summed E-state index contributed by atoms with van der Waals surface area (Å²) < 4.78 is 6.61. The van der Waals surface area contributed by atoms with Crippen LogP contribution in [0.4, 0.5) is 4.79 Å². The van der Waals surface area contributed by atoms with Gasteiger partial charge in [-0.05, 0) is 27.7 Å². The zero-order valence-electron chi connectivity index (χ0n) is 14.5. The van der Waals surface area contributed by atoms with Crippen LogP contribution in [0, 0.1) is 0 Å². The molecule has 1 amide bonds. The fourth-order valence-electron chi connectivity index (χ4n) is 3.46. The van der Waals surface area contributed by atoms with Gasteiger partial charge in [-0.2, -0.15) is 0 Å². The average molecular weight is 357 g/mol. The van der Waals surface area contributed by atoms with Gasteiger partial charge in [-0.25, -0.2) is 9.59 Å². The highest BCUT2D eigenvalue weighted by atomic mass is 16.5. The molecule has 1 aromatic rings. The third kappa shape index (κ3) is 3.08. The Morgan fingerprint density at radius 3 is 2.48 bits per heavy atom. The van der Waals surface area contributed by atoms with Crippen LogP contribution in [0.15, 0.2) is 21.9 Å². The number of nitrogens with zero attached hydrogens (tertiary/aromatic N) is 2. The van der Waals surface area contributed by atoms with Crippen molar-refractivity contribution in [2.75, 3.05) is 6.61 Å². The maximum absolute atomic E-state index is 12.2. The lowest BCUT2D eigenvalue weighted by Crippen LogP contribution is -2.65. The van der Waals surface area contributed by atoms with Crippen molar-refractivity contribution in [2.24, 2.45) is 0 Å². The predicted octanol–water partition coefficient (Wildman–Crippen LogP) is -0.676. The summed E-state index contributed by atoms with van der Waals surface area (Å²) in [4.78, 5) is 38.5. The number of aliphatic hydroxyl groups excluding tert-OH is 2. The Balaban J connectivity index is 2.69. The number of aliphatic hydroxyl groups is 2. The quantitative estimate of drug-likeness (QED) is 0.561. The minimum atomic E-state index is -1.60. The van der Waals surface area contributed by atoms with Gasteiger partial charge in [-0.1, -0.05) is 0 Å². The monoisotopic (exact) mass is 357 g/mol. The summed E-state index contributed by atoms with van der Waals surface area (Å²) in [5, 5.41) is 29.9. The highest BCUT2D eigenvalue weighted by Gasteiger charge is 2.61. The van der Waals surface area contributed by atoms with E-state index in [9.17, 15) is 29.7 Å². The second-order valence-electron chi connectivity index (χ2n) is 7.19. The van der Waals surface area contributed by atoms with E-state index in [0.29, 0.717) is 0 Å². The highest BCUT2D eigenvalue weighted by Crippen LogP contribution is 2.44. The molecule has 1 aliphatic heterocycles. The standard InChI is InChI=1S/C15H23N3O7/c1-14(2,3)18(13(23)24)15(4)10(21)8(7-19)25-11(15)17-6-5-9(20)16-12(17)22/h5-6,8,10-11,19,21H,7H2,1-4H3,(H,23,24)(H,16,20,22)/t8-,10-,11-,15-/m1/s1. The molecule has 2 heterocycles. The summed E-state index contributed by atoms with van der Waals surface area (Å²) in [6, 6.07) is 1.09. The van der Waals surface area contributed by atoms with Crippen molar-refractivity contribution in [3.05, 3.63) is 33.1 Å². The molecule has 10 heteroatoms. The highest BCUT2D eigenvalue weighted by molar-refractivity contribution is 5.67. The van der Waals surface area contributed by atoms with Crippen LogP contribution in [0.3, 0.4) is 0 Å². The maximum Gasteiger partial charge on any atom is 0.408 e. The largest absolute Gasteiger partial charge is 0.465 e. The van der Waals surface area contributed by atoms with Crippen LogP contribution < -0.4 is 11.2 Å². The molecule has 2 rings (SSSR count). The maximum atomic E-state index is 12.2. The van der Waals surface area contributed by atoms with Gasteiger partial charge in [0.25, 0.3) is 5.56 Å². The first-order valence-corrected chi connectivity index (χ1v) is 7.73. The number of carbonyl (C=O) groups is 1. The van der Waals surface area contributed by atoms with Crippen LogP contribution in [0.1, 0.15) is 33.9 Å². The molecule has 1 fully saturated rings. The van der Waals surface area contributed by atoms with E-state index >= 15 is 0 Å². The van der Waals surface area contributed by atoms with Gasteiger partial charge in [0, 0.05) is 17.8 Å². The molecule has 0 unspecified atom stereocenters. The molecule has 1 aromatic heterocycles. The smallest absolute Gasteiger partial charge is 0.408 e. The first kappa shape index (κ1) is 19.2. The van der Waals surface area contributed by atoms with E-state index in [1.165, 1.54) is 13.1 Å². The molecule has 0 aliphatic carbocycles. The Kier molecular flexibility index (Phi) is 4.81. The Morgan fingerprint density at radius 2 is 2.04 bits per heavy atom. The number of H-pyrrole nitrogens is 1. The van der Waals surface area contributed by atoms with E-state index in [-0.39, 0.29) is 0 Å². The summed E-state index contributed by atoms with van der Waals surface area (Å²) >= 11 is 0. The minimum Gasteiger partial charge on any atom is -0.465 e. The van der Waals surface area contributed by atoms with Gasteiger partial charge < -0.3 is 20.1 Å². The van der Waals surface area contributed by atoms with Crippen LogP contribution in [-0.2, 0) is 4.74 Å². The van der Waals surface area contributed by atoms with Crippen molar-refractivity contribution in [1.82, 2.24) is 14.5 Å². The fraction of sp³-hybridized carbons (Fsp3) is 0.667. The summed E-state index contributed by atoms with van der Waals surface area (Å²) in [5.74, 6) is 0. The van der Waals surface area contributed by atoms with Crippen LogP contribution in [0.2, 0.25) is 0 Å². The van der Waals surface area contributed by atoms with E-state index in [1.54, 1.807) is 20.8 Å². The Hall–Kier alpha value is -2.17. The van der Waals surface area contributed by atoms with E-state index in [0.717, 1.165) is 15.5 Å². The number of hydrogen-bond donors (Lipinski definition) is 4.